The first-order valence-electron chi connectivity index (χ1n) is 9.28. The number of amides is 1. The molecule has 2 heterocycles. The van der Waals surface area contributed by atoms with E-state index < -0.39 is 0 Å². The molecule has 1 aromatic heterocycles. The van der Waals surface area contributed by atoms with E-state index in [1.54, 1.807) is 0 Å². The lowest BCUT2D eigenvalue weighted by Gasteiger charge is -2.32. The molecule has 1 N–H and O–H groups in total. The summed E-state index contributed by atoms with van der Waals surface area (Å²) in [4.78, 5) is 18.0. The van der Waals surface area contributed by atoms with E-state index in [1.807, 2.05) is 53.6 Å². The van der Waals surface area contributed by atoms with E-state index in [0.29, 0.717) is 19.1 Å². The van der Waals surface area contributed by atoms with Crippen LogP contribution in [0, 0.1) is 5.92 Å². The van der Waals surface area contributed by atoms with Gasteiger partial charge in [0.1, 0.15) is 0 Å². The number of hydrogen-bond acceptors (Lipinski definition) is 2. The predicted octanol–water partition coefficient (Wildman–Crippen LogP) is 4.24. The SMILES string of the molecule is O=C(c1ccc2cc[nH]c2c1)N1CCCC(COCc2ccccc2)C1. The Balaban J connectivity index is 1.34. The first-order valence-corrected chi connectivity index (χ1v) is 9.28. The molecule has 4 rings (SSSR count). The van der Waals surface area contributed by atoms with Crippen LogP contribution in [0.2, 0.25) is 0 Å². The molecule has 0 saturated carbocycles. The summed E-state index contributed by atoms with van der Waals surface area (Å²) in [5.41, 5.74) is 2.96. The number of rotatable bonds is 5. The van der Waals surface area contributed by atoms with Crippen LogP contribution in [-0.2, 0) is 11.3 Å². The van der Waals surface area contributed by atoms with Crippen molar-refractivity contribution in [2.24, 2.45) is 5.92 Å². The number of hydrogen-bond donors (Lipinski definition) is 1. The lowest BCUT2D eigenvalue weighted by atomic mass is 9.98. The number of nitrogens with zero attached hydrogens (tertiary/aromatic N) is 1. The van der Waals surface area contributed by atoms with Gasteiger partial charge in [-0.1, -0.05) is 36.4 Å². The minimum absolute atomic E-state index is 0.120. The normalized spacial score (nSPS) is 17.5. The summed E-state index contributed by atoms with van der Waals surface area (Å²) in [5.74, 6) is 0.528. The molecule has 1 aliphatic rings. The Bertz CT molecular complexity index is 872. The van der Waals surface area contributed by atoms with Crippen LogP contribution in [0.25, 0.3) is 10.9 Å². The maximum absolute atomic E-state index is 12.9. The zero-order valence-corrected chi connectivity index (χ0v) is 14.9. The third-order valence-electron chi connectivity index (χ3n) is 5.07. The average Bonchev–Trinajstić information content (AvgIpc) is 3.16. The molecule has 0 aliphatic carbocycles. The Morgan fingerprint density at radius 2 is 2.04 bits per heavy atom. The highest BCUT2D eigenvalue weighted by atomic mass is 16.5. The number of piperidine rings is 1. The maximum Gasteiger partial charge on any atom is 0.253 e. The molecule has 1 saturated heterocycles. The first kappa shape index (κ1) is 16.9. The van der Waals surface area contributed by atoms with Crippen molar-refractivity contribution in [1.29, 1.82) is 0 Å². The van der Waals surface area contributed by atoms with E-state index in [0.717, 1.165) is 42.4 Å². The number of nitrogens with one attached hydrogen (secondary N) is 1. The minimum Gasteiger partial charge on any atom is -0.376 e. The molecule has 3 aromatic rings. The standard InChI is InChI=1S/C22H24N2O2/c25-22(20-9-8-19-10-11-23-21(19)13-20)24-12-4-7-18(14-24)16-26-15-17-5-2-1-3-6-17/h1-3,5-6,8-11,13,18,23H,4,7,12,14-16H2. The summed E-state index contributed by atoms with van der Waals surface area (Å²) in [6.07, 6.45) is 4.06. The molecule has 26 heavy (non-hydrogen) atoms. The van der Waals surface area contributed by atoms with Crippen LogP contribution in [0.5, 0.6) is 0 Å². The van der Waals surface area contributed by atoms with Crippen LogP contribution in [-0.4, -0.2) is 35.5 Å². The van der Waals surface area contributed by atoms with Gasteiger partial charge in [0.25, 0.3) is 5.91 Å². The van der Waals surface area contributed by atoms with Crippen LogP contribution in [0.15, 0.2) is 60.8 Å². The predicted molar refractivity (Wildman–Crippen MR) is 103 cm³/mol. The third kappa shape index (κ3) is 3.81. The Kier molecular flexibility index (Phi) is 5.02. The van der Waals surface area contributed by atoms with Gasteiger partial charge in [0.15, 0.2) is 0 Å². The van der Waals surface area contributed by atoms with E-state index >= 15 is 0 Å². The fourth-order valence-electron chi connectivity index (χ4n) is 3.67. The number of fused-ring (bicyclic) bond motifs is 1. The van der Waals surface area contributed by atoms with E-state index in [-0.39, 0.29) is 5.91 Å². The Labute approximate surface area is 153 Å². The Morgan fingerprint density at radius 1 is 1.15 bits per heavy atom. The van der Waals surface area contributed by atoms with Gasteiger partial charge in [-0.3, -0.25) is 4.79 Å². The number of H-pyrrole nitrogens is 1. The largest absolute Gasteiger partial charge is 0.376 e. The highest BCUT2D eigenvalue weighted by molar-refractivity contribution is 5.98. The monoisotopic (exact) mass is 348 g/mol. The topological polar surface area (TPSA) is 45.3 Å². The molecule has 4 nitrogen and oxygen atoms in total. The van der Waals surface area contributed by atoms with Crippen molar-refractivity contribution in [3.63, 3.8) is 0 Å². The summed E-state index contributed by atoms with van der Waals surface area (Å²) in [6, 6.07) is 18.1. The summed E-state index contributed by atoms with van der Waals surface area (Å²) >= 11 is 0. The average molecular weight is 348 g/mol. The lowest BCUT2D eigenvalue weighted by Crippen LogP contribution is -2.41. The summed E-state index contributed by atoms with van der Waals surface area (Å²) in [7, 11) is 0. The van der Waals surface area contributed by atoms with Crippen LogP contribution in [0.1, 0.15) is 28.8 Å². The van der Waals surface area contributed by atoms with Gasteiger partial charge in [-0.05, 0) is 47.9 Å². The Hall–Kier alpha value is -2.59. The molecular weight excluding hydrogens is 324 g/mol. The van der Waals surface area contributed by atoms with Crippen LogP contribution in [0.3, 0.4) is 0 Å². The summed E-state index contributed by atoms with van der Waals surface area (Å²) in [6.45, 7) is 2.94. The molecule has 1 fully saturated rings. The molecule has 0 bridgehead atoms. The smallest absolute Gasteiger partial charge is 0.253 e. The molecule has 1 aliphatic heterocycles. The minimum atomic E-state index is 0.120. The van der Waals surface area contributed by atoms with Gasteiger partial charge < -0.3 is 14.6 Å². The second-order valence-electron chi connectivity index (χ2n) is 7.04. The van der Waals surface area contributed by atoms with Gasteiger partial charge in [-0.15, -0.1) is 0 Å². The van der Waals surface area contributed by atoms with Crippen molar-refractivity contribution in [3.05, 3.63) is 71.9 Å². The van der Waals surface area contributed by atoms with Crippen molar-refractivity contribution in [3.8, 4) is 0 Å². The number of ether oxygens (including phenoxy) is 1. The van der Waals surface area contributed by atoms with E-state index in [2.05, 4.69) is 17.1 Å². The van der Waals surface area contributed by atoms with Crippen molar-refractivity contribution < 1.29 is 9.53 Å². The van der Waals surface area contributed by atoms with E-state index in [4.69, 9.17) is 4.74 Å². The van der Waals surface area contributed by atoms with Gasteiger partial charge >= 0.3 is 0 Å². The second kappa shape index (κ2) is 7.75. The molecule has 1 atom stereocenters. The number of likely N-dealkylation sites (tertiary alicyclic amines) is 1. The molecular formula is C22H24N2O2. The highest BCUT2D eigenvalue weighted by Crippen LogP contribution is 2.21. The van der Waals surface area contributed by atoms with Crippen molar-refractivity contribution >= 4 is 16.8 Å². The highest BCUT2D eigenvalue weighted by Gasteiger charge is 2.24. The quantitative estimate of drug-likeness (QED) is 0.750. The lowest BCUT2D eigenvalue weighted by molar-refractivity contribution is 0.0426. The maximum atomic E-state index is 12.9. The number of aromatic amines is 1. The number of carbonyl (C=O) groups excluding carboxylic acids is 1. The molecule has 0 spiro atoms. The zero-order valence-electron chi connectivity index (χ0n) is 14.9. The van der Waals surface area contributed by atoms with E-state index in [1.165, 1.54) is 5.56 Å². The summed E-state index contributed by atoms with van der Waals surface area (Å²) < 4.78 is 5.90. The van der Waals surface area contributed by atoms with Gasteiger partial charge in [0.05, 0.1) is 13.2 Å². The first-order chi connectivity index (χ1) is 12.8. The zero-order chi connectivity index (χ0) is 17.8. The van der Waals surface area contributed by atoms with Gasteiger partial charge in [0, 0.05) is 30.4 Å². The van der Waals surface area contributed by atoms with Crippen LogP contribution < -0.4 is 0 Å². The molecule has 4 heteroatoms. The van der Waals surface area contributed by atoms with Crippen molar-refractivity contribution in [2.45, 2.75) is 19.4 Å². The number of carbonyl (C=O) groups is 1. The molecule has 134 valence electrons. The number of benzene rings is 2. The van der Waals surface area contributed by atoms with Crippen LogP contribution >= 0.6 is 0 Å². The summed E-state index contributed by atoms with van der Waals surface area (Å²) in [5, 5.41) is 1.13. The van der Waals surface area contributed by atoms with Gasteiger partial charge in [0.2, 0.25) is 0 Å². The third-order valence-corrected chi connectivity index (χ3v) is 5.07. The van der Waals surface area contributed by atoms with Crippen molar-refractivity contribution in [1.82, 2.24) is 9.88 Å². The fourth-order valence-corrected chi connectivity index (χ4v) is 3.67. The molecule has 0 radical (unpaired) electrons. The van der Waals surface area contributed by atoms with Crippen molar-refractivity contribution in [2.75, 3.05) is 19.7 Å². The Morgan fingerprint density at radius 3 is 2.92 bits per heavy atom. The second-order valence-corrected chi connectivity index (χ2v) is 7.04. The van der Waals surface area contributed by atoms with Crippen LogP contribution in [0.4, 0.5) is 0 Å². The van der Waals surface area contributed by atoms with E-state index in [9.17, 15) is 4.79 Å². The fraction of sp³-hybridized carbons (Fsp3) is 0.318. The molecule has 1 unspecified atom stereocenters. The number of aromatic nitrogens is 1. The van der Waals surface area contributed by atoms with Gasteiger partial charge in [-0.2, -0.15) is 0 Å². The van der Waals surface area contributed by atoms with Gasteiger partial charge in [-0.25, -0.2) is 0 Å². The molecule has 1 amide bonds. The molecule has 2 aromatic carbocycles.